The zero-order valence-electron chi connectivity index (χ0n) is 14.7. The molecule has 0 unspecified atom stereocenters. The first-order valence-corrected chi connectivity index (χ1v) is 8.28. The number of para-hydroxylation sites is 1. The van der Waals surface area contributed by atoms with Gasteiger partial charge < -0.3 is 15.1 Å². The normalized spacial score (nSPS) is 16.8. The summed E-state index contributed by atoms with van der Waals surface area (Å²) in [5.74, 6) is -1.17. The third kappa shape index (κ3) is 3.63. The Balaban J connectivity index is 1.80. The van der Waals surface area contributed by atoms with Gasteiger partial charge in [0.15, 0.2) is 0 Å². The molecule has 0 saturated carbocycles. The number of hydrogen-bond donors (Lipinski definition) is 1. The number of carbonyl (C=O) groups is 2. The number of nitrogens with one attached hydrogen (secondary N) is 1. The molecular weight excluding hydrogens is 316 g/mol. The highest BCUT2D eigenvalue weighted by molar-refractivity contribution is 6.39. The van der Waals surface area contributed by atoms with Gasteiger partial charge in [-0.15, -0.1) is 0 Å². The Kier molecular flexibility index (Phi) is 4.70. The number of nitrogens with zero attached hydrogens (tertiary/aromatic N) is 3. The Hall–Kier alpha value is -2.89. The van der Waals surface area contributed by atoms with Crippen molar-refractivity contribution in [1.29, 1.82) is 0 Å². The molecule has 1 aromatic heterocycles. The third-order valence-corrected chi connectivity index (χ3v) is 4.40. The van der Waals surface area contributed by atoms with Crippen LogP contribution in [0.4, 0.5) is 11.4 Å². The van der Waals surface area contributed by atoms with Gasteiger partial charge in [0.2, 0.25) is 0 Å². The van der Waals surface area contributed by atoms with Gasteiger partial charge in [0, 0.05) is 38.1 Å². The minimum Gasteiger partial charge on any atom is -0.372 e. The summed E-state index contributed by atoms with van der Waals surface area (Å²) in [4.78, 5) is 33.0. The molecule has 1 atom stereocenters. The van der Waals surface area contributed by atoms with Crippen molar-refractivity contribution >= 4 is 23.2 Å². The van der Waals surface area contributed by atoms with Crippen molar-refractivity contribution in [1.82, 2.24) is 9.88 Å². The van der Waals surface area contributed by atoms with E-state index >= 15 is 0 Å². The van der Waals surface area contributed by atoms with Crippen LogP contribution in [0.3, 0.4) is 0 Å². The summed E-state index contributed by atoms with van der Waals surface area (Å²) >= 11 is 0. The van der Waals surface area contributed by atoms with E-state index < -0.39 is 11.8 Å². The largest absolute Gasteiger partial charge is 0.372 e. The number of anilines is 2. The van der Waals surface area contributed by atoms with Crippen LogP contribution in [-0.2, 0) is 16.1 Å². The molecule has 1 N–H and O–H groups in total. The molecule has 3 rings (SSSR count). The lowest BCUT2D eigenvalue weighted by molar-refractivity contribution is -0.144. The zero-order valence-corrected chi connectivity index (χ0v) is 14.7. The molecule has 0 bridgehead atoms. The summed E-state index contributed by atoms with van der Waals surface area (Å²) in [6.07, 6.45) is 3.23. The van der Waals surface area contributed by atoms with E-state index in [9.17, 15) is 9.59 Å². The summed E-state index contributed by atoms with van der Waals surface area (Å²) in [7, 11) is 2.00. The van der Waals surface area contributed by atoms with E-state index in [2.05, 4.69) is 15.2 Å². The minimum atomic E-state index is -0.638. The highest BCUT2D eigenvalue weighted by Gasteiger charge is 2.30. The topological polar surface area (TPSA) is 65.5 Å². The van der Waals surface area contributed by atoms with E-state index in [1.165, 1.54) is 6.20 Å². The first kappa shape index (κ1) is 17.0. The number of hydrogen-bond acceptors (Lipinski definition) is 4. The first-order valence-electron chi connectivity index (χ1n) is 8.28. The Morgan fingerprint density at radius 3 is 2.76 bits per heavy atom. The summed E-state index contributed by atoms with van der Waals surface area (Å²) in [6.45, 7) is 4.93. The molecule has 6 heteroatoms. The quantitative estimate of drug-likeness (QED) is 0.810. The number of pyridine rings is 1. The number of aryl methyl sites for hydroxylation is 1. The van der Waals surface area contributed by atoms with Crippen molar-refractivity contribution in [3.63, 3.8) is 0 Å². The number of likely N-dealkylation sites (N-methyl/N-ethyl adjacent to an activating group) is 1. The molecule has 0 fully saturated rings. The van der Waals surface area contributed by atoms with E-state index in [0.717, 1.165) is 16.8 Å². The van der Waals surface area contributed by atoms with E-state index in [1.807, 2.05) is 45.2 Å². The fourth-order valence-electron chi connectivity index (χ4n) is 3.16. The molecule has 130 valence electrons. The van der Waals surface area contributed by atoms with Gasteiger partial charge in [-0.05, 0) is 37.1 Å². The van der Waals surface area contributed by atoms with E-state index in [4.69, 9.17) is 0 Å². The van der Waals surface area contributed by atoms with Crippen LogP contribution in [0.5, 0.6) is 0 Å². The van der Waals surface area contributed by atoms with Gasteiger partial charge in [0.1, 0.15) is 0 Å². The van der Waals surface area contributed by atoms with Crippen molar-refractivity contribution in [3.05, 3.63) is 53.9 Å². The van der Waals surface area contributed by atoms with Crippen LogP contribution in [-0.4, -0.2) is 41.3 Å². The molecule has 25 heavy (non-hydrogen) atoms. The van der Waals surface area contributed by atoms with E-state index in [0.29, 0.717) is 18.8 Å². The van der Waals surface area contributed by atoms with Crippen LogP contribution in [0.2, 0.25) is 0 Å². The lowest BCUT2D eigenvalue weighted by Gasteiger charge is -2.28. The molecule has 0 saturated heterocycles. The average Bonchev–Trinajstić information content (AvgIpc) is 2.71. The predicted molar refractivity (Wildman–Crippen MR) is 97.3 cm³/mol. The third-order valence-electron chi connectivity index (χ3n) is 4.40. The fraction of sp³-hybridized carbons (Fsp3) is 0.316. The summed E-state index contributed by atoms with van der Waals surface area (Å²) in [6, 6.07) is 9.67. The molecule has 0 aliphatic carbocycles. The molecule has 1 aromatic carbocycles. The second-order valence-electron chi connectivity index (χ2n) is 6.50. The van der Waals surface area contributed by atoms with Gasteiger partial charge in [-0.1, -0.05) is 18.2 Å². The zero-order chi connectivity index (χ0) is 18.0. The van der Waals surface area contributed by atoms with Crippen LogP contribution >= 0.6 is 0 Å². The highest BCUT2D eigenvalue weighted by atomic mass is 16.2. The van der Waals surface area contributed by atoms with Crippen LogP contribution in [0, 0.1) is 6.92 Å². The number of rotatable bonds is 1. The smallest absolute Gasteiger partial charge is 0.313 e. The lowest BCUT2D eigenvalue weighted by Crippen LogP contribution is -2.46. The Bertz CT molecular complexity index is 806. The maximum Gasteiger partial charge on any atom is 0.313 e. The molecule has 2 heterocycles. The van der Waals surface area contributed by atoms with Gasteiger partial charge in [0.05, 0.1) is 11.9 Å². The van der Waals surface area contributed by atoms with E-state index in [-0.39, 0.29) is 6.04 Å². The molecular formula is C19H22N4O2. The van der Waals surface area contributed by atoms with Gasteiger partial charge >= 0.3 is 11.8 Å². The first-order chi connectivity index (χ1) is 12.0. The van der Waals surface area contributed by atoms with Crippen molar-refractivity contribution in [2.75, 3.05) is 23.8 Å². The SMILES string of the molecule is Cc1cncc(NC(=O)C(=O)N2Cc3ccccc3N(C)C[C@@H]2C)c1. The Morgan fingerprint density at radius 2 is 2.00 bits per heavy atom. The van der Waals surface area contributed by atoms with Crippen molar-refractivity contribution < 1.29 is 9.59 Å². The molecule has 0 radical (unpaired) electrons. The molecule has 2 amide bonds. The van der Waals surface area contributed by atoms with Crippen LogP contribution < -0.4 is 10.2 Å². The maximum absolute atomic E-state index is 12.7. The number of aromatic nitrogens is 1. The van der Waals surface area contributed by atoms with E-state index in [1.54, 1.807) is 17.2 Å². The van der Waals surface area contributed by atoms with Gasteiger partial charge in [-0.2, -0.15) is 0 Å². The number of amides is 2. The summed E-state index contributed by atoms with van der Waals surface area (Å²) in [5, 5.41) is 2.65. The number of fused-ring (bicyclic) bond motifs is 1. The summed E-state index contributed by atoms with van der Waals surface area (Å²) < 4.78 is 0. The van der Waals surface area contributed by atoms with Crippen LogP contribution in [0.25, 0.3) is 0 Å². The Morgan fingerprint density at radius 1 is 1.24 bits per heavy atom. The van der Waals surface area contributed by atoms with Crippen molar-refractivity contribution in [2.45, 2.75) is 26.4 Å². The highest BCUT2D eigenvalue weighted by Crippen LogP contribution is 2.26. The standard InChI is InChI=1S/C19H22N4O2/c1-13-8-16(10-20-9-13)21-18(24)19(25)23-12-15-6-4-5-7-17(15)22(3)11-14(23)2/h4-10,14H,11-12H2,1-3H3,(H,21,24)/t14-/m0/s1. The molecule has 6 nitrogen and oxygen atoms in total. The van der Waals surface area contributed by atoms with Crippen molar-refractivity contribution in [3.8, 4) is 0 Å². The van der Waals surface area contributed by atoms with Gasteiger partial charge in [-0.25, -0.2) is 0 Å². The van der Waals surface area contributed by atoms with Crippen molar-refractivity contribution in [2.24, 2.45) is 0 Å². The van der Waals surface area contributed by atoms with Gasteiger partial charge in [0.25, 0.3) is 0 Å². The lowest BCUT2D eigenvalue weighted by atomic mass is 10.1. The summed E-state index contributed by atoms with van der Waals surface area (Å²) in [5.41, 5.74) is 3.57. The Labute approximate surface area is 147 Å². The molecule has 1 aliphatic rings. The molecule has 2 aromatic rings. The molecule has 0 spiro atoms. The number of benzene rings is 1. The van der Waals surface area contributed by atoms with Gasteiger partial charge in [-0.3, -0.25) is 14.6 Å². The number of carbonyl (C=O) groups excluding carboxylic acids is 2. The fourth-order valence-corrected chi connectivity index (χ4v) is 3.16. The van der Waals surface area contributed by atoms with Crippen LogP contribution in [0.15, 0.2) is 42.7 Å². The second-order valence-corrected chi connectivity index (χ2v) is 6.50. The predicted octanol–water partition coefficient (Wildman–Crippen LogP) is 2.20. The minimum absolute atomic E-state index is 0.0775. The average molecular weight is 338 g/mol. The maximum atomic E-state index is 12.7. The molecule has 1 aliphatic heterocycles. The monoisotopic (exact) mass is 338 g/mol. The van der Waals surface area contributed by atoms with Crippen LogP contribution in [0.1, 0.15) is 18.1 Å². The second kappa shape index (κ2) is 6.93.